The molecule has 0 unspecified atom stereocenters. The summed E-state index contributed by atoms with van der Waals surface area (Å²) in [6.07, 6.45) is -2.82. The molecule has 1 rings (SSSR count). The highest BCUT2D eigenvalue weighted by Gasteiger charge is 2.16. The Balaban J connectivity index is 2.56. The van der Waals surface area contributed by atoms with Gasteiger partial charge in [0.05, 0.1) is 13.0 Å². The number of carbonyl (C=O) groups excluding carboxylic acids is 1. The van der Waals surface area contributed by atoms with Gasteiger partial charge in [-0.25, -0.2) is 21.6 Å². The van der Waals surface area contributed by atoms with E-state index in [2.05, 4.69) is 10.1 Å². The topological polar surface area (TPSA) is 72.5 Å². The van der Waals surface area contributed by atoms with Gasteiger partial charge >= 0.3 is 0 Å². The van der Waals surface area contributed by atoms with Crippen LogP contribution in [0.4, 0.5) is 18.9 Å². The molecule has 0 spiro atoms. The molecule has 1 amide bonds. The molecular formula is C11H11ClF3NO4S. The van der Waals surface area contributed by atoms with Crippen molar-refractivity contribution in [1.82, 2.24) is 0 Å². The van der Waals surface area contributed by atoms with Crippen LogP contribution in [0.25, 0.3) is 0 Å². The number of anilines is 1. The molecule has 21 heavy (non-hydrogen) atoms. The largest absolute Gasteiger partial charge is 0.375 e. The number of amides is 1. The van der Waals surface area contributed by atoms with Gasteiger partial charge in [0, 0.05) is 16.4 Å². The van der Waals surface area contributed by atoms with E-state index in [0.29, 0.717) is 0 Å². The fourth-order valence-electron chi connectivity index (χ4n) is 1.34. The maximum atomic E-state index is 13.5. The molecule has 0 aliphatic rings. The van der Waals surface area contributed by atoms with Gasteiger partial charge in [0.25, 0.3) is 15.5 Å². The number of carbonyl (C=O) groups is 1. The zero-order chi connectivity index (χ0) is 16.0. The Hall–Kier alpha value is -1.32. The van der Waals surface area contributed by atoms with Crippen LogP contribution in [0.2, 0.25) is 0 Å². The Morgan fingerprint density at radius 2 is 2.05 bits per heavy atom. The van der Waals surface area contributed by atoms with Crippen molar-refractivity contribution in [2.45, 2.75) is 17.7 Å². The second-order valence-corrected chi connectivity index (χ2v) is 6.38. The molecule has 0 saturated heterocycles. The molecule has 10 heteroatoms. The first-order chi connectivity index (χ1) is 9.70. The molecule has 0 aromatic heterocycles. The van der Waals surface area contributed by atoms with Crippen molar-refractivity contribution in [3.05, 3.63) is 24.0 Å². The van der Waals surface area contributed by atoms with E-state index in [1.807, 2.05) is 0 Å². The van der Waals surface area contributed by atoms with Crippen molar-refractivity contribution in [3.8, 4) is 0 Å². The zero-order valence-electron chi connectivity index (χ0n) is 10.5. The quantitative estimate of drug-likeness (QED) is 0.608. The summed E-state index contributed by atoms with van der Waals surface area (Å²) in [4.78, 5) is 10.7. The van der Waals surface area contributed by atoms with Crippen LogP contribution in [-0.2, 0) is 18.6 Å². The monoisotopic (exact) mass is 345 g/mol. The molecule has 0 bridgehead atoms. The predicted molar refractivity (Wildman–Crippen MR) is 69.5 cm³/mol. The fourth-order valence-corrected chi connectivity index (χ4v) is 2.23. The molecule has 0 heterocycles. The van der Waals surface area contributed by atoms with E-state index in [1.165, 1.54) is 0 Å². The summed E-state index contributed by atoms with van der Waals surface area (Å²) >= 11 is 0. The Labute approximate surface area is 123 Å². The lowest BCUT2D eigenvalue weighted by molar-refractivity contribution is -0.117. The highest BCUT2D eigenvalue weighted by molar-refractivity contribution is 8.13. The number of rotatable bonds is 7. The third-order valence-corrected chi connectivity index (χ3v) is 3.55. The van der Waals surface area contributed by atoms with Gasteiger partial charge in [-0.1, -0.05) is 0 Å². The molecule has 1 N–H and O–H groups in total. The summed E-state index contributed by atoms with van der Waals surface area (Å²) in [6.45, 7) is -0.989. The molecule has 0 aliphatic heterocycles. The van der Waals surface area contributed by atoms with E-state index in [9.17, 15) is 26.4 Å². The van der Waals surface area contributed by atoms with Crippen molar-refractivity contribution >= 4 is 31.3 Å². The summed E-state index contributed by atoms with van der Waals surface area (Å²) in [7, 11) is 0.788. The third kappa shape index (κ3) is 6.32. The minimum Gasteiger partial charge on any atom is -0.375 e. The second kappa shape index (κ2) is 7.62. The van der Waals surface area contributed by atoms with Gasteiger partial charge in [-0.3, -0.25) is 4.79 Å². The summed E-state index contributed by atoms with van der Waals surface area (Å²) in [5, 5.41) is 2.27. The van der Waals surface area contributed by atoms with Crippen molar-refractivity contribution in [2.75, 3.05) is 18.5 Å². The van der Waals surface area contributed by atoms with E-state index in [1.54, 1.807) is 0 Å². The summed E-state index contributed by atoms with van der Waals surface area (Å²) in [6, 6.07) is 2.84. The molecular weight excluding hydrogens is 335 g/mol. The maximum absolute atomic E-state index is 13.5. The van der Waals surface area contributed by atoms with Crippen molar-refractivity contribution in [1.29, 1.82) is 0 Å². The minimum absolute atomic E-state index is 0.00965. The van der Waals surface area contributed by atoms with Crippen molar-refractivity contribution < 1.29 is 31.1 Å². The highest BCUT2D eigenvalue weighted by atomic mass is 35.7. The van der Waals surface area contributed by atoms with E-state index >= 15 is 0 Å². The predicted octanol–water partition coefficient (Wildman–Crippen LogP) is 2.36. The molecule has 5 nitrogen and oxygen atoms in total. The number of ether oxygens (including phenoxy) is 1. The SMILES string of the molecule is O=C(CCOCC(F)F)Nc1ccc(S(=O)(=O)Cl)c(F)c1. The third-order valence-electron chi connectivity index (χ3n) is 2.20. The molecule has 0 aliphatic carbocycles. The molecule has 0 saturated carbocycles. The minimum atomic E-state index is -4.21. The number of hydrogen-bond acceptors (Lipinski definition) is 4. The van der Waals surface area contributed by atoms with Crippen LogP contribution < -0.4 is 5.32 Å². The highest BCUT2D eigenvalue weighted by Crippen LogP contribution is 2.22. The lowest BCUT2D eigenvalue weighted by Crippen LogP contribution is -2.16. The van der Waals surface area contributed by atoms with E-state index < -0.39 is 38.7 Å². The maximum Gasteiger partial charge on any atom is 0.264 e. The number of hydrogen-bond donors (Lipinski definition) is 1. The van der Waals surface area contributed by atoms with Gasteiger partial charge in [-0.05, 0) is 18.2 Å². The Morgan fingerprint density at radius 1 is 1.38 bits per heavy atom. The number of halogens is 4. The molecule has 118 valence electrons. The van der Waals surface area contributed by atoms with E-state index in [-0.39, 0.29) is 18.7 Å². The smallest absolute Gasteiger partial charge is 0.264 e. The number of nitrogens with one attached hydrogen (secondary N) is 1. The van der Waals surface area contributed by atoms with Crippen LogP contribution >= 0.6 is 10.7 Å². The van der Waals surface area contributed by atoms with Crippen LogP contribution in [0.5, 0.6) is 0 Å². The van der Waals surface area contributed by atoms with Crippen molar-refractivity contribution in [3.63, 3.8) is 0 Å². The van der Waals surface area contributed by atoms with Gasteiger partial charge < -0.3 is 10.1 Å². The van der Waals surface area contributed by atoms with Gasteiger partial charge in [0.2, 0.25) is 5.91 Å². The van der Waals surface area contributed by atoms with Crippen LogP contribution in [0.15, 0.2) is 23.1 Å². The van der Waals surface area contributed by atoms with Crippen LogP contribution in [0, 0.1) is 5.82 Å². The van der Waals surface area contributed by atoms with E-state index in [0.717, 1.165) is 18.2 Å². The summed E-state index contributed by atoms with van der Waals surface area (Å²) in [5.41, 5.74) is 0.00965. The normalized spacial score (nSPS) is 11.7. The lowest BCUT2D eigenvalue weighted by atomic mass is 10.3. The molecule has 1 aromatic carbocycles. The average molecular weight is 346 g/mol. The lowest BCUT2D eigenvalue weighted by Gasteiger charge is -2.07. The molecule has 0 radical (unpaired) electrons. The van der Waals surface area contributed by atoms with Crippen LogP contribution in [0.1, 0.15) is 6.42 Å². The molecule has 0 fully saturated rings. The van der Waals surface area contributed by atoms with Crippen LogP contribution in [-0.4, -0.2) is 34.0 Å². The summed E-state index contributed by atoms with van der Waals surface area (Å²) < 4.78 is 63.4. The first-order valence-corrected chi connectivity index (χ1v) is 7.91. The first kappa shape index (κ1) is 17.7. The number of alkyl halides is 2. The van der Waals surface area contributed by atoms with Gasteiger partial charge in [0.15, 0.2) is 0 Å². The molecule has 1 aromatic rings. The van der Waals surface area contributed by atoms with Gasteiger partial charge in [-0.15, -0.1) is 0 Å². The average Bonchev–Trinajstić information content (AvgIpc) is 2.33. The fraction of sp³-hybridized carbons (Fsp3) is 0.364. The van der Waals surface area contributed by atoms with Gasteiger partial charge in [-0.2, -0.15) is 0 Å². The Bertz CT molecular complexity index is 609. The first-order valence-electron chi connectivity index (χ1n) is 5.60. The standard InChI is InChI=1S/C11H11ClF3NO4S/c12-21(18,19)9-2-1-7(5-8(9)13)16-11(17)3-4-20-6-10(14)15/h1-2,5,10H,3-4,6H2,(H,16,17). The second-order valence-electron chi connectivity index (χ2n) is 3.85. The zero-order valence-corrected chi connectivity index (χ0v) is 12.1. The van der Waals surface area contributed by atoms with Gasteiger partial charge in [0.1, 0.15) is 17.3 Å². The van der Waals surface area contributed by atoms with Crippen LogP contribution in [0.3, 0.4) is 0 Å². The van der Waals surface area contributed by atoms with Crippen molar-refractivity contribution in [2.24, 2.45) is 0 Å². The van der Waals surface area contributed by atoms with E-state index in [4.69, 9.17) is 10.7 Å². The Kier molecular flexibility index (Phi) is 6.43. The number of benzene rings is 1. The Morgan fingerprint density at radius 3 is 2.57 bits per heavy atom. The molecule has 0 atom stereocenters. The summed E-state index contributed by atoms with van der Waals surface area (Å²) in [5.74, 6) is -1.71.